The molecule has 9 nitrogen and oxygen atoms in total. The summed E-state index contributed by atoms with van der Waals surface area (Å²) >= 11 is 0. The van der Waals surface area contributed by atoms with Crippen LogP contribution in [-0.4, -0.2) is 63.9 Å². The van der Waals surface area contributed by atoms with Crippen LogP contribution >= 0.6 is 0 Å². The molecular formula is C20H29N3O6S. The zero-order valence-corrected chi connectivity index (χ0v) is 17.9. The van der Waals surface area contributed by atoms with Crippen molar-refractivity contribution in [3.63, 3.8) is 0 Å². The van der Waals surface area contributed by atoms with Crippen LogP contribution in [0.2, 0.25) is 0 Å². The van der Waals surface area contributed by atoms with Crippen LogP contribution in [0, 0.1) is 5.92 Å². The first-order chi connectivity index (χ1) is 14.3. The number of carbonyl (C=O) groups is 2. The van der Waals surface area contributed by atoms with E-state index in [0.29, 0.717) is 25.6 Å². The predicted molar refractivity (Wildman–Crippen MR) is 111 cm³/mol. The fourth-order valence-electron chi connectivity index (χ4n) is 3.03. The molecule has 3 rings (SSSR count). The van der Waals surface area contributed by atoms with Gasteiger partial charge in [-0.25, -0.2) is 17.9 Å². The van der Waals surface area contributed by atoms with E-state index in [1.807, 2.05) is 24.3 Å². The maximum Gasteiger partial charge on any atom is 0.324 e. The Morgan fingerprint density at radius 3 is 2.80 bits per heavy atom. The van der Waals surface area contributed by atoms with Gasteiger partial charge in [0.2, 0.25) is 15.9 Å². The Kier molecular flexibility index (Phi) is 7.68. The Hall–Kier alpha value is -2.17. The Morgan fingerprint density at radius 1 is 1.27 bits per heavy atom. The molecule has 2 fully saturated rings. The second kappa shape index (κ2) is 10.2. The highest BCUT2D eigenvalue weighted by atomic mass is 32.2. The highest BCUT2D eigenvalue weighted by molar-refractivity contribution is 7.89. The normalized spacial score (nSPS) is 18.2. The maximum absolute atomic E-state index is 12.3. The average molecular weight is 440 g/mol. The lowest BCUT2D eigenvalue weighted by Crippen LogP contribution is -2.50. The lowest BCUT2D eigenvalue weighted by molar-refractivity contribution is -0.121. The molecule has 2 aliphatic rings. The van der Waals surface area contributed by atoms with Gasteiger partial charge in [-0.05, 0) is 43.4 Å². The van der Waals surface area contributed by atoms with E-state index in [0.717, 1.165) is 11.3 Å². The van der Waals surface area contributed by atoms with Crippen molar-refractivity contribution < 1.29 is 27.5 Å². The Morgan fingerprint density at radius 2 is 2.07 bits per heavy atom. The summed E-state index contributed by atoms with van der Waals surface area (Å²) in [6, 6.07) is 6.62. The summed E-state index contributed by atoms with van der Waals surface area (Å²) in [5.74, 6) is 0.928. The molecule has 1 aromatic rings. The maximum atomic E-state index is 12.3. The Bertz CT molecular complexity index is 856. The summed E-state index contributed by atoms with van der Waals surface area (Å²) in [6.45, 7) is 3.35. The smallest absolute Gasteiger partial charge is 0.324 e. The minimum atomic E-state index is -3.53. The van der Waals surface area contributed by atoms with Gasteiger partial charge in [0, 0.05) is 25.6 Å². The summed E-state index contributed by atoms with van der Waals surface area (Å²) in [4.78, 5) is 24.2. The van der Waals surface area contributed by atoms with Gasteiger partial charge in [0.15, 0.2) is 0 Å². The summed E-state index contributed by atoms with van der Waals surface area (Å²) in [7, 11) is -3.53. The zero-order chi connectivity index (χ0) is 21.6. The fraction of sp³-hybridized carbons (Fsp3) is 0.600. The van der Waals surface area contributed by atoms with Gasteiger partial charge >= 0.3 is 6.03 Å². The largest absolute Gasteiger partial charge is 0.493 e. The van der Waals surface area contributed by atoms with E-state index >= 15 is 0 Å². The van der Waals surface area contributed by atoms with Crippen LogP contribution in [0.25, 0.3) is 0 Å². The van der Waals surface area contributed by atoms with Crippen LogP contribution in [-0.2, 0) is 19.6 Å². The standard InChI is InChI=1S/C20H29N3O6S/c1-15(17-3-2-4-18(13-17)29-14-16-5-6-16)22-30(26,27)12-11-28-10-9-23-8-7-19(24)21-20(23)25/h2-4,13,15-16,22H,5-12,14H2,1H3,(H,21,24,25)/t15-/m1/s1. The molecular weight excluding hydrogens is 410 g/mol. The molecule has 1 aromatic carbocycles. The third-order valence-corrected chi connectivity index (χ3v) is 6.46. The van der Waals surface area contributed by atoms with Crippen molar-refractivity contribution in [2.24, 2.45) is 5.92 Å². The highest BCUT2D eigenvalue weighted by Crippen LogP contribution is 2.30. The molecule has 0 unspecified atom stereocenters. The van der Waals surface area contributed by atoms with Gasteiger partial charge in [-0.3, -0.25) is 10.1 Å². The molecule has 0 bridgehead atoms. The molecule has 1 saturated carbocycles. The first-order valence-corrected chi connectivity index (χ1v) is 11.9. The molecule has 1 heterocycles. The molecule has 166 valence electrons. The van der Waals surface area contributed by atoms with Gasteiger partial charge in [-0.1, -0.05) is 12.1 Å². The van der Waals surface area contributed by atoms with E-state index in [2.05, 4.69) is 10.0 Å². The number of imide groups is 1. The second-order valence-corrected chi connectivity index (χ2v) is 9.56. The molecule has 1 atom stereocenters. The van der Waals surface area contributed by atoms with Crippen LogP contribution in [0.15, 0.2) is 24.3 Å². The molecule has 0 aromatic heterocycles. The van der Waals surface area contributed by atoms with Gasteiger partial charge in [-0.15, -0.1) is 0 Å². The van der Waals surface area contributed by atoms with Crippen LogP contribution in [0.3, 0.4) is 0 Å². The minimum Gasteiger partial charge on any atom is -0.493 e. The minimum absolute atomic E-state index is 0.0149. The molecule has 0 spiro atoms. The Labute approximate surface area is 177 Å². The van der Waals surface area contributed by atoms with E-state index in [-0.39, 0.29) is 31.3 Å². The molecule has 10 heteroatoms. The third kappa shape index (κ3) is 7.26. The van der Waals surface area contributed by atoms with E-state index < -0.39 is 22.1 Å². The van der Waals surface area contributed by atoms with Gasteiger partial charge in [0.25, 0.3) is 0 Å². The van der Waals surface area contributed by atoms with E-state index in [1.54, 1.807) is 6.92 Å². The molecule has 0 radical (unpaired) electrons. The van der Waals surface area contributed by atoms with Crippen molar-refractivity contribution in [2.45, 2.75) is 32.2 Å². The monoisotopic (exact) mass is 439 g/mol. The first-order valence-electron chi connectivity index (χ1n) is 10.2. The number of nitrogens with one attached hydrogen (secondary N) is 2. The number of benzene rings is 1. The van der Waals surface area contributed by atoms with Crippen molar-refractivity contribution in [1.29, 1.82) is 0 Å². The number of ether oxygens (including phenoxy) is 2. The predicted octanol–water partition coefficient (Wildman–Crippen LogP) is 1.41. The van der Waals surface area contributed by atoms with E-state index in [4.69, 9.17) is 9.47 Å². The summed E-state index contributed by atoms with van der Waals surface area (Å²) in [6.07, 6.45) is 2.68. The highest BCUT2D eigenvalue weighted by Gasteiger charge is 2.23. The summed E-state index contributed by atoms with van der Waals surface area (Å²) in [5.41, 5.74) is 0.832. The number of rotatable bonds is 12. The third-order valence-electron chi connectivity index (χ3n) is 5.04. The molecule has 3 amide bonds. The molecule has 1 aliphatic heterocycles. The lowest BCUT2D eigenvalue weighted by Gasteiger charge is -2.26. The van der Waals surface area contributed by atoms with E-state index in [1.165, 1.54) is 17.7 Å². The van der Waals surface area contributed by atoms with Crippen molar-refractivity contribution in [3.05, 3.63) is 29.8 Å². The van der Waals surface area contributed by atoms with Crippen LogP contribution < -0.4 is 14.8 Å². The molecule has 2 N–H and O–H groups in total. The molecule has 1 aliphatic carbocycles. The van der Waals surface area contributed by atoms with Crippen LogP contribution in [0.4, 0.5) is 4.79 Å². The zero-order valence-electron chi connectivity index (χ0n) is 17.1. The molecule has 1 saturated heterocycles. The Balaban J connectivity index is 1.37. The van der Waals surface area contributed by atoms with Crippen LogP contribution in [0.1, 0.15) is 37.8 Å². The molecule has 30 heavy (non-hydrogen) atoms. The fourth-order valence-corrected chi connectivity index (χ4v) is 4.16. The summed E-state index contributed by atoms with van der Waals surface area (Å²) < 4.78 is 38.5. The number of sulfonamides is 1. The average Bonchev–Trinajstić information content (AvgIpc) is 3.52. The van der Waals surface area contributed by atoms with Gasteiger partial charge in [0.1, 0.15) is 5.75 Å². The van der Waals surface area contributed by atoms with Crippen LogP contribution in [0.5, 0.6) is 5.75 Å². The van der Waals surface area contributed by atoms with Crippen molar-refractivity contribution in [3.8, 4) is 5.75 Å². The number of amides is 3. The van der Waals surface area contributed by atoms with Crippen molar-refractivity contribution in [2.75, 3.05) is 38.7 Å². The SMILES string of the molecule is C[C@@H](NS(=O)(=O)CCOCCN1CCC(=O)NC1=O)c1cccc(OCC2CC2)c1. The quantitative estimate of drug-likeness (QED) is 0.476. The number of carbonyl (C=O) groups excluding carboxylic acids is 2. The first kappa shape index (κ1) is 22.5. The van der Waals surface area contributed by atoms with Crippen molar-refractivity contribution in [1.82, 2.24) is 14.9 Å². The number of hydrogen-bond donors (Lipinski definition) is 2. The number of nitrogens with zero attached hydrogens (tertiary/aromatic N) is 1. The van der Waals surface area contributed by atoms with Crippen molar-refractivity contribution >= 4 is 22.0 Å². The second-order valence-electron chi connectivity index (χ2n) is 7.69. The van der Waals surface area contributed by atoms with Gasteiger partial charge in [0.05, 0.1) is 25.6 Å². The number of urea groups is 1. The summed E-state index contributed by atoms with van der Waals surface area (Å²) in [5, 5.41) is 2.23. The topological polar surface area (TPSA) is 114 Å². The van der Waals surface area contributed by atoms with E-state index in [9.17, 15) is 18.0 Å². The van der Waals surface area contributed by atoms with Gasteiger partial charge in [-0.2, -0.15) is 0 Å². The lowest BCUT2D eigenvalue weighted by atomic mass is 10.1. The number of hydrogen-bond acceptors (Lipinski definition) is 6. The van der Waals surface area contributed by atoms with Gasteiger partial charge < -0.3 is 14.4 Å².